The maximum absolute atomic E-state index is 9.20. The second kappa shape index (κ2) is 14.1. The van der Waals surface area contributed by atoms with E-state index in [2.05, 4.69) is 66.6 Å². The minimum absolute atomic E-state index is 0.515. The Morgan fingerprint density at radius 2 is 1.47 bits per heavy atom. The van der Waals surface area contributed by atoms with Crippen LogP contribution in [-0.4, -0.2) is 12.1 Å². The van der Waals surface area contributed by atoms with Crippen LogP contribution in [0.15, 0.2) is 150 Å². The van der Waals surface area contributed by atoms with E-state index >= 15 is 0 Å². The number of fused-ring (bicyclic) bond motifs is 1. The number of nitrogens with one attached hydrogen (secondary N) is 1. The van der Waals surface area contributed by atoms with Gasteiger partial charge < -0.3 is 5.32 Å². The fourth-order valence-corrected chi connectivity index (χ4v) is 5.99. The summed E-state index contributed by atoms with van der Waals surface area (Å²) in [6.45, 7) is 4.84. The Balaban J connectivity index is 1.24. The Bertz CT molecular complexity index is 2150. The lowest BCUT2D eigenvalue weighted by molar-refractivity contribution is 1.06. The lowest BCUT2D eigenvalue weighted by Gasteiger charge is -2.04. The number of thiophene rings is 1. The highest BCUT2D eigenvalue weighted by molar-refractivity contribution is 7.17. The Hall–Kier alpha value is -5.83. The standard InChI is InChI=1S/C40H30N4S/c1-29(33-12-6-3-7-13-33)24-39-37(36-14-8-9-15-38(36)45-39)28-42-35-22-18-32(19-23-35)27-44-40(34-20-16-30(25-41)17-21-34)43-26-31-10-4-2-5-11-31/h2-24,27-28,42H,1,26H2/b37-28-,39-24+,43-40?,44-27?. The van der Waals surface area contributed by atoms with E-state index in [-0.39, 0.29) is 0 Å². The van der Waals surface area contributed by atoms with Crippen LogP contribution >= 0.6 is 11.3 Å². The minimum Gasteiger partial charge on any atom is -0.361 e. The summed E-state index contributed by atoms with van der Waals surface area (Å²) in [6, 6.07) is 46.5. The van der Waals surface area contributed by atoms with Gasteiger partial charge in [0, 0.05) is 43.5 Å². The minimum atomic E-state index is 0.515. The molecule has 6 rings (SSSR count). The maximum atomic E-state index is 9.20. The zero-order valence-electron chi connectivity index (χ0n) is 24.6. The molecule has 1 aromatic heterocycles. The van der Waals surface area contributed by atoms with E-state index in [1.807, 2.05) is 91.1 Å². The summed E-state index contributed by atoms with van der Waals surface area (Å²) in [7, 11) is 0. The first-order valence-corrected chi connectivity index (χ1v) is 15.4. The molecule has 0 aliphatic carbocycles. The van der Waals surface area contributed by atoms with E-state index in [9.17, 15) is 5.26 Å². The van der Waals surface area contributed by atoms with Gasteiger partial charge in [0.15, 0.2) is 5.84 Å². The van der Waals surface area contributed by atoms with Gasteiger partial charge in [-0.25, -0.2) is 4.99 Å². The molecule has 6 aromatic rings. The molecule has 45 heavy (non-hydrogen) atoms. The molecule has 0 saturated carbocycles. The van der Waals surface area contributed by atoms with Crippen LogP contribution in [0.4, 0.5) is 5.69 Å². The maximum Gasteiger partial charge on any atom is 0.154 e. The highest BCUT2D eigenvalue weighted by Crippen LogP contribution is 2.17. The molecule has 0 saturated heterocycles. The number of anilines is 1. The van der Waals surface area contributed by atoms with Crippen molar-refractivity contribution in [2.45, 2.75) is 6.54 Å². The molecule has 1 heterocycles. The molecule has 5 heteroatoms. The Labute approximate surface area is 267 Å². The average Bonchev–Trinajstić information content (AvgIpc) is 3.45. The number of nitrogens with zero attached hydrogens (tertiary/aromatic N) is 3. The highest BCUT2D eigenvalue weighted by Gasteiger charge is 2.04. The predicted octanol–water partition coefficient (Wildman–Crippen LogP) is 8.18. The van der Waals surface area contributed by atoms with E-state index in [4.69, 9.17) is 9.98 Å². The van der Waals surface area contributed by atoms with Crippen molar-refractivity contribution < 1.29 is 0 Å². The van der Waals surface area contributed by atoms with Gasteiger partial charge in [0.05, 0.1) is 18.2 Å². The highest BCUT2D eigenvalue weighted by atomic mass is 32.1. The molecule has 0 aliphatic rings. The fraction of sp³-hybridized carbons (Fsp3) is 0.0250. The molecular weight excluding hydrogens is 569 g/mol. The lowest BCUT2D eigenvalue weighted by Crippen LogP contribution is -2.20. The van der Waals surface area contributed by atoms with E-state index in [0.29, 0.717) is 17.9 Å². The molecule has 0 radical (unpaired) electrons. The second-order valence-electron chi connectivity index (χ2n) is 10.4. The number of rotatable bonds is 8. The predicted molar refractivity (Wildman–Crippen MR) is 191 cm³/mol. The summed E-state index contributed by atoms with van der Waals surface area (Å²) in [5, 5.41) is 15.0. The molecule has 0 amide bonds. The van der Waals surface area contributed by atoms with E-state index in [0.717, 1.165) is 43.3 Å². The van der Waals surface area contributed by atoms with Crippen molar-refractivity contribution in [3.05, 3.63) is 178 Å². The van der Waals surface area contributed by atoms with E-state index in [1.54, 1.807) is 23.5 Å². The second-order valence-corrected chi connectivity index (χ2v) is 11.5. The van der Waals surface area contributed by atoms with Gasteiger partial charge in [-0.2, -0.15) is 5.26 Å². The van der Waals surface area contributed by atoms with Crippen molar-refractivity contribution in [2.24, 2.45) is 9.98 Å². The largest absolute Gasteiger partial charge is 0.361 e. The van der Waals surface area contributed by atoms with Crippen molar-refractivity contribution in [2.75, 3.05) is 5.32 Å². The van der Waals surface area contributed by atoms with Crippen LogP contribution in [0.2, 0.25) is 0 Å². The van der Waals surface area contributed by atoms with Crippen molar-refractivity contribution in [1.29, 1.82) is 5.26 Å². The molecule has 5 aromatic carbocycles. The quantitative estimate of drug-likeness (QED) is 0.142. The first-order valence-electron chi connectivity index (χ1n) is 14.6. The number of hydrogen-bond donors (Lipinski definition) is 1. The summed E-state index contributed by atoms with van der Waals surface area (Å²) < 4.78 is 2.39. The normalized spacial score (nSPS) is 12.5. The average molecular weight is 599 g/mol. The van der Waals surface area contributed by atoms with Crippen molar-refractivity contribution in [3.63, 3.8) is 0 Å². The summed E-state index contributed by atoms with van der Waals surface area (Å²) in [5.74, 6) is 0.615. The van der Waals surface area contributed by atoms with E-state index in [1.165, 1.54) is 10.1 Å². The number of allylic oxidation sites excluding steroid dienone is 1. The molecule has 216 valence electrons. The molecule has 0 atom stereocenters. The van der Waals surface area contributed by atoms with Gasteiger partial charge in [-0.1, -0.05) is 97.6 Å². The van der Waals surface area contributed by atoms with Crippen molar-refractivity contribution >= 4 is 57.0 Å². The Morgan fingerprint density at radius 3 is 2.20 bits per heavy atom. The molecule has 0 aliphatic heterocycles. The first kappa shape index (κ1) is 29.3. The summed E-state index contributed by atoms with van der Waals surface area (Å²) in [6.07, 6.45) is 6.06. The fourth-order valence-electron chi connectivity index (χ4n) is 4.84. The number of nitriles is 1. The van der Waals surface area contributed by atoms with Gasteiger partial charge in [-0.15, -0.1) is 11.3 Å². The molecule has 0 unspecified atom stereocenters. The van der Waals surface area contributed by atoms with Crippen LogP contribution < -0.4 is 15.1 Å². The number of benzene rings is 5. The number of aliphatic imine (C=N–C) groups is 2. The zero-order chi connectivity index (χ0) is 30.8. The van der Waals surface area contributed by atoms with Gasteiger partial charge in [0.2, 0.25) is 0 Å². The van der Waals surface area contributed by atoms with Crippen molar-refractivity contribution in [3.8, 4) is 6.07 Å². The van der Waals surface area contributed by atoms with Gasteiger partial charge in [0.1, 0.15) is 0 Å². The lowest BCUT2D eigenvalue weighted by atomic mass is 10.1. The Morgan fingerprint density at radius 1 is 0.778 bits per heavy atom. The number of amidine groups is 1. The van der Waals surface area contributed by atoms with Crippen LogP contribution in [0.25, 0.3) is 27.9 Å². The number of hydrogen-bond acceptors (Lipinski definition) is 4. The monoisotopic (exact) mass is 598 g/mol. The molecule has 4 nitrogen and oxygen atoms in total. The molecule has 0 bridgehead atoms. The van der Waals surface area contributed by atoms with Crippen LogP contribution in [0.1, 0.15) is 27.8 Å². The van der Waals surface area contributed by atoms with Crippen LogP contribution in [0.5, 0.6) is 0 Å². The SMILES string of the molecule is C=C(/C=c1/sc2ccccc2/c1=C/Nc1ccc(C=NC(=NCc2ccccc2)c2ccc(C#N)cc2)cc1)c1ccccc1. The van der Waals surface area contributed by atoms with E-state index < -0.39 is 0 Å². The molecule has 0 fully saturated rings. The van der Waals surface area contributed by atoms with Crippen LogP contribution in [0, 0.1) is 11.3 Å². The van der Waals surface area contributed by atoms with Crippen LogP contribution in [-0.2, 0) is 6.54 Å². The molecule has 1 N–H and O–H groups in total. The smallest absolute Gasteiger partial charge is 0.154 e. The summed E-state index contributed by atoms with van der Waals surface area (Å²) in [5.41, 5.74) is 6.59. The van der Waals surface area contributed by atoms with Gasteiger partial charge in [-0.05, 0) is 70.8 Å². The van der Waals surface area contributed by atoms with Crippen LogP contribution in [0.3, 0.4) is 0 Å². The Kier molecular flexibility index (Phi) is 9.16. The third-order valence-electron chi connectivity index (χ3n) is 7.27. The zero-order valence-corrected chi connectivity index (χ0v) is 25.4. The van der Waals surface area contributed by atoms with Gasteiger partial charge in [-0.3, -0.25) is 4.99 Å². The topological polar surface area (TPSA) is 60.5 Å². The first-order chi connectivity index (χ1) is 22.2. The summed E-state index contributed by atoms with van der Waals surface area (Å²) >= 11 is 1.76. The molecule has 0 spiro atoms. The van der Waals surface area contributed by atoms with Gasteiger partial charge in [0.25, 0.3) is 0 Å². The third kappa shape index (κ3) is 7.40. The van der Waals surface area contributed by atoms with Crippen molar-refractivity contribution in [1.82, 2.24) is 0 Å². The van der Waals surface area contributed by atoms with Gasteiger partial charge >= 0.3 is 0 Å². The third-order valence-corrected chi connectivity index (χ3v) is 8.40. The molecular formula is C40H30N4S. The summed E-state index contributed by atoms with van der Waals surface area (Å²) in [4.78, 5) is 9.55.